The molecule has 0 fully saturated rings. The zero-order valence-electron chi connectivity index (χ0n) is 9.57. The van der Waals surface area contributed by atoms with Crippen molar-refractivity contribution in [2.75, 3.05) is 7.11 Å². The first kappa shape index (κ1) is 13.9. The number of halogens is 1. The standard InChI is InChI=1S/C12H13BrO4/c1-8(14)7-12(16,11(15)17-2)9-3-5-10(13)6-4-9/h3-6,16H,7H2,1-2H3. The average Bonchev–Trinajstić information content (AvgIpc) is 2.27. The molecule has 5 heteroatoms. The van der Waals surface area contributed by atoms with E-state index in [2.05, 4.69) is 20.7 Å². The second kappa shape index (κ2) is 5.42. The lowest BCUT2D eigenvalue weighted by atomic mass is 9.89. The Morgan fingerprint density at radius 1 is 1.35 bits per heavy atom. The van der Waals surface area contributed by atoms with E-state index in [1.807, 2.05) is 0 Å². The van der Waals surface area contributed by atoms with Gasteiger partial charge in [-0.05, 0) is 24.6 Å². The zero-order valence-corrected chi connectivity index (χ0v) is 11.2. The number of hydrogen-bond acceptors (Lipinski definition) is 4. The van der Waals surface area contributed by atoms with Crippen molar-refractivity contribution >= 4 is 27.7 Å². The highest BCUT2D eigenvalue weighted by molar-refractivity contribution is 9.10. The summed E-state index contributed by atoms with van der Waals surface area (Å²) in [6, 6.07) is 6.51. The maximum Gasteiger partial charge on any atom is 0.343 e. The number of carbonyl (C=O) groups excluding carboxylic acids is 2. The molecule has 92 valence electrons. The SMILES string of the molecule is COC(=O)C(O)(CC(C)=O)c1ccc(Br)cc1. The van der Waals surface area contributed by atoms with Gasteiger partial charge in [-0.3, -0.25) is 4.79 Å². The van der Waals surface area contributed by atoms with Gasteiger partial charge < -0.3 is 9.84 Å². The molecule has 1 aromatic carbocycles. The van der Waals surface area contributed by atoms with Crippen molar-refractivity contribution in [1.82, 2.24) is 0 Å². The van der Waals surface area contributed by atoms with Crippen LogP contribution in [0, 0.1) is 0 Å². The van der Waals surface area contributed by atoms with Gasteiger partial charge in [-0.15, -0.1) is 0 Å². The monoisotopic (exact) mass is 300 g/mol. The van der Waals surface area contributed by atoms with Gasteiger partial charge in [0.25, 0.3) is 0 Å². The van der Waals surface area contributed by atoms with Crippen LogP contribution in [0.25, 0.3) is 0 Å². The maximum atomic E-state index is 11.6. The molecule has 0 radical (unpaired) electrons. The number of aliphatic hydroxyl groups is 1. The minimum atomic E-state index is -1.92. The van der Waals surface area contributed by atoms with Crippen molar-refractivity contribution in [2.24, 2.45) is 0 Å². The summed E-state index contributed by atoms with van der Waals surface area (Å²) in [7, 11) is 1.17. The zero-order chi connectivity index (χ0) is 13.1. The first-order chi connectivity index (χ1) is 7.90. The van der Waals surface area contributed by atoms with E-state index in [1.54, 1.807) is 24.3 Å². The van der Waals surface area contributed by atoms with E-state index in [0.717, 1.165) is 4.47 Å². The van der Waals surface area contributed by atoms with Crippen LogP contribution in [0.15, 0.2) is 28.7 Å². The topological polar surface area (TPSA) is 63.6 Å². The third-order valence-corrected chi connectivity index (χ3v) is 2.88. The van der Waals surface area contributed by atoms with E-state index >= 15 is 0 Å². The Labute approximate surface area is 108 Å². The van der Waals surface area contributed by atoms with Crippen molar-refractivity contribution in [2.45, 2.75) is 18.9 Å². The fourth-order valence-corrected chi connectivity index (χ4v) is 1.81. The predicted octanol–water partition coefficient (Wildman–Crippen LogP) is 1.79. The van der Waals surface area contributed by atoms with Crippen LogP contribution in [-0.2, 0) is 19.9 Å². The Morgan fingerprint density at radius 2 is 1.88 bits per heavy atom. The minimum Gasteiger partial charge on any atom is -0.467 e. The number of benzene rings is 1. The van der Waals surface area contributed by atoms with Crippen molar-refractivity contribution in [3.8, 4) is 0 Å². The molecule has 0 heterocycles. The van der Waals surface area contributed by atoms with Crippen molar-refractivity contribution in [3.05, 3.63) is 34.3 Å². The lowest BCUT2D eigenvalue weighted by Crippen LogP contribution is -2.38. The van der Waals surface area contributed by atoms with Gasteiger partial charge in [0.05, 0.1) is 7.11 Å². The second-order valence-corrected chi connectivity index (χ2v) is 4.65. The smallest absolute Gasteiger partial charge is 0.343 e. The number of carbonyl (C=O) groups is 2. The molecular formula is C12H13BrO4. The number of ketones is 1. The average molecular weight is 301 g/mol. The number of rotatable bonds is 4. The van der Waals surface area contributed by atoms with Crippen molar-refractivity contribution in [1.29, 1.82) is 0 Å². The fourth-order valence-electron chi connectivity index (χ4n) is 1.55. The van der Waals surface area contributed by atoms with Gasteiger partial charge in [0.1, 0.15) is 5.78 Å². The summed E-state index contributed by atoms with van der Waals surface area (Å²) in [5.74, 6) is -1.13. The van der Waals surface area contributed by atoms with E-state index in [1.165, 1.54) is 14.0 Å². The first-order valence-electron chi connectivity index (χ1n) is 4.96. The molecule has 0 aliphatic heterocycles. The number of methoxy groups -OCH3 is 1. The normalized spacial score (nSPS) is 13.9. The first-order valence-corrected chi connectivity index (χ1v) is 5.75. The molecule has 17 heavy (non-hydrogen) atoms. The van der Waals surface area contributed by atoms with Crippen LogP contribution in [0.5, 0.6) is 0 Å². The third-order valence-electron chi connectivity index (χ3n) is 2.35. The molecule has 0 saturated carbocycles. The molecule has 0 aliphatic carbocycles. The molecule has 0 saturated heterocycles. The van der Waals surface area contributed by atoms with Gasteiger partial charge >= 0.3 is 5.97 Å². The van der Waals surface area contributed by atoms with Crippen LogP contribution in [0.4, 0.5) is 0 Å². The van der Waals surface area contributed by atoms with Gasteiger partial charge in [0.15, 0.2) is 5.60 Å². The highest BCUT2D eigenvalue weighted by Gasteiger charge is 2.40. The maximum absolute atomic E-state index is 11.6. The molecule has 1 aromatic rings. The van der Waals surface area contributed by atoms with Crippen LogP contribution >= 0.6 is 15.9 Å². The van der Waals surface area contributed by atoms with Gasteiger partial charge in [0, 0.05) is 10.9 Å². The van der Waals surface area contributed by atoms with Gasteiger partial charge in [-0.1, -0.05) is 28.1 Å². The largest absolute Gasteiger partial charge is 0.467 e. The molecule has 0 aliphatic rings. The minimum absolute atomic E-state index is 0.291. The molecule has 1 unspecified atom stereocenters. The Bertz CT molecular complexity index is 427. The van der Waals surface area contributed by atoms with E-state index in [4.69, 9.17) is 0 Å². The van der Waals surface area contributed by atoms with Crippen molar-refractivity contribution < 1.29 is 19.4 Å². The van der Waals surface area contributed by atoms with Crippen molar-refractivity contribution in [3.63, 3.8) is 0 Å². The summed E-state index contributed by atoms with van der Waals surface area (Å²) < 4.78 is 5.36. The molecule has 0 bridgehead atoms. The summed E-state index contributed by atoms with van der Waals surface area (Å²) in [5, 5.41) is 10.3. The highest BCUT2D eigenvalue weighted by Crippen LogP contribution is 2.28. The molecule has 0 spiro atoms. The molecule has 1 rings (SSSR count). The van der Waals surface area contributed by atoms with E-state index in [9.17, 15) is 14.7 Å². The second-order valence-electron chi connectivity index (χ2n) is 3.74. The van der Waals surface area contributed by atoms with Crippen LogP contribution in [0.2, 0.25) is 0 Å². The molecule has 1 atom stereocenters. The number of ether oxygens (including phenoxy) is 1. The third kappa shape index (κ3) is 3.14. The predicted molar refractivity (Wildman–Crippen MR) is 65.4 cm³/mol. The Morgan fingerprint density at radius 3 is 2.29 bits per heavy atom. The highest BCUT2D eigenvalue weighted by atomic mass is 79.9. The molecular weight excluding hydrogens is 288 g/mol. The molecule has 1 N–H and O–H groups in total. The molecule has 0 amide bonds. The van der Waals surface area contributed by atoms with Gasteiger partial charge in [-0.25, -0.2) is 4.79 Å². The quantitative estimate of drug-likeness (QED) is 0.861. The van der Waals surface area contributed by atoms with E-state index in [-0.39, 0.29) is 12.2 Å². The lowest BCUT2D eigenvalue weighted by molar-refractivity contribution is -0.166. The number of Topliss-reactive ketones (excluding diaryl/α,β-unsaturated/α-hetero) is 1. The van der Waals surface area contributed by atoms with E-state index < -0.39 is 11.6 Å². The van der Waals surface area contributed by atoms with Crippen LogP contribution in [-0.4, -0.2) is 24.0 Å². The lowest BCUT2D eigenvalue weighted by Gasteiger charge is -2.24. The summed E-state index contributed by atoms with van der Waals surface area (Å²) in [6.07, 6.45) is -0.304. The Kier molecular flexibility index (Phi) is 4.42. The fraction of sp³-hybridized carbons (Fsp3) is 0.333. The summed E-state index contributed by atoms with van der Waals surface area (Å²) >= 11 is 3.25. The molecule has 0 aromatic heterocycles. The van der Waals surface area contributed by atoms with Crippen LogP contribution < -0.4 is 0 Å². The van der Waals surface area contributed by atoms with Crippen LogP contribution in [0.3, 0.4) is 0 Å². The summed E-state index contributed by atoms with van der Waals surface area (Å²) in [6.45, 7) is 1.31. The van der Waals surface area contributed by atoms with Gasteiger partial charge in [0.2, 0.25) is 0 Å². The molecule has 4 nitrogen and oxygen atoms in total. The van der Waals surface area contributed by atoms with E-state index in [0.29, 0.717) is 5.56 Å². The van der Waals surface area contributed by atoms with Crippen LogP contribution in [0.1, 0.15) is 18.9 Å². The number of hydrogen-bond donors (Lipinski definition) is 1. The Balaban J connectivity index is 3.18. The summed E-state index contributed by atoms with van der Waals surface area (Å²) in [4.78, 5) is 22.8. The number of esters is 1. The Hall–Kier alpha value is -1.20. The summed E-state index contributed by atoms with van der Waals surface area (Å²) in [5.41, 5.74) is -1.58. The van der Waals surface area contributed by atoms with Gasteiger partial charge in [-0.2, -0.15) is 0 Å².